The number of allylic oxidation sites excluding steroid dienone is 4. The van der Waals surface area contributed by atoms with E-state index < -0.39 is 0 Å². The fourth-order valence-electron chi connectivity index (χ4n) is 7.12. The minimum Gasteiger partial charge on any atom is -0.0808 e. The van der Waals surface area contributed by atoms with E-state index in [2.05, 4.69) is 39.0 Å². The molecule has 122 valence electrons. The van der Waals surface area contributed by atoms with E-state index in [-0.39, 0.29) is 0 Å². The zero-order valence-corrected chi connectivity index (χ0v) is 14.9. The standard InChI is InChI=1S/C22H34/c1-4-7-16-10-12-19-18-11-9-17-8-5-6-14-21(17,2)20(18)13-15-22(16,19)3/h8-9,11,16,18-20H,4-7,10,12-15H2,1-3H3/t16-,18-,19-,20-,21-,22+/m0/s1. The van der Waals surface area contributed by atoms with Gasteiger partial charge in [-0.1, -0.05) is 51.8 Å². The molecule has 22 heavy (non-hydrogen) atoms. The van der Waals surface area contributed by atoms with Gasteiger partial charge >= 0.3 is 0 Å². The van der Waals surface area contributed by atoms with E-state index in [4.69, 9.17) is 0 Å². The molecule has 2 fully saturated rings. The minimum atomic E-state index is 0.502. The van der Waals surface area contributed by atoms with Gasteiger partial charge in [0.15, 0.2) is 0 Å². The molecule has 4 aliphatic carbocycles. The van der Waals surface area contributed by atoms with Gasteiger partial charge in [0.1, 0.15) is 0 Å². The van der Waals surface area contributed by atoms with E-state index in [1.807, 2.05) is 0 Å². The lowest BCUT2D eigenvalue weighted by atomic mass is 9.48. The van der Waals surface area contributed by atoms with E-state index in [0.717, 1.165) is 23.7 Å². The third-order valence-electron chi connectivity index (χ3n) is 8.41. The summed E-state index contributed by atoms with van der Waals surface area (Å²) in [6.45, 7) is 7.63. The van der Waals surface area contributed by atoms with Crippen LogP contribution in [0.4, 0.5) is 0 Å². The molecule has 4 aliphatic rings. The molecule has 0 saturated heterocycles. The van der Waals surface area contributed by atoms with Gasteiger partial charge in [-0.05, 0) is 85.0 Å². The van der Waals surface area contributed by atoms with Gasteiger partial charge in [0.05, 0.1) is 0 Å². The highest BCUT2D eigenvalue weighted by Gasteiger charge is 2.57. The molecule has 0 unspecified atom stereocenters. The Morgan fingerprint density at radius 3 is 2.77 bits per heavy atom. The van der Waals surface area contributed by atoms with Crippen molar-refractivity contribution >= 4 is 0 Å². The van der Waals surface area contributed by atoms with Crippen LogP contribution < -0.4 is 0 Å². The van der Waals surface area contributed by atoms with Gasteiger partial charge in [0.25, 0.3) is 0 Å². The summed E-state index contributed by atoms with van der Waals surface area (Å²) >= 11 is 0. The summed E-state index contributed by atoms with van der Waals surface area (Å²) in [6.07, 6.45) is 20.7. The smallest absolute Gasteiger partial charge is 0.00445 e. The Morgan fingerprint density at radius 1 is 1.09 bits per heavy atom. The monoisotopic (exact) mass is 298 g/mol. The van der Waals surface area contributed by atoms with Crippen LogP contribution in [0.2, 0.25) is 0 Å². The van der Waals surface area contributed by atoms with Crippen LogP contribution in [0.5, 0.6) is 0 Å². The van der Waals surface area contributed by atoms with Crippen LogP contribution in [0.1, 0.15) is 78.6 Å². The Balaban J connectivity index is 1.67. The molecule has 0 heteroatoms. The maximum atomic E-state index is 2.66. The molecule has 0 bridgehead atoms. The zero-order valence-electron chi connectivity index (χ0n) is 14.9. The third-order valence-corrected chi connectivity index (χ3v) is 8.41. The predicted octanol–water partition coefficient (Wildman–Crippen LogP) is 6.53. The molecule has 0 heterocycles. The van der Waals surface area contributed by atoms with Crippen molar-refractivity contribution in [2.75, 3.05) is 0 Å². The second kappa shape index (κ2) is 5.25. The lowest BCUT2D eigenvalue weighted by Crippen LogP contribution is -2.48. The van der Waals surface area contributed by atoms with Crippen LogP contribution >= 0.6 is 0 Å². The Bertz CT molecular complexity index is 498. The molecule has 0 N–H and O–H groups in total. The lowest BCUT2D eigenvalue weighted by molar-refractivity contribution is -0.0164. The van der Waals surface area contributed by atoms with Crippen molar-refractivity contribution in [1.29, 1.82) is 0 Å². The van der Waals surface area contributed by atoms with Crippen LogP contribution in [0.15, 0.2) is 23.8 Å². The Hall–Kier alpha value is -0.520. The average Bonchev–Trinajstić information content (AvgIpc) is 2.84. The van der Waals surface area contributed by atoms with E-state index in [1.54, 1.807) is 5.57 Å². The van der Waals surface area contributed by atoms with Gasteiger partial charge in [-0.3, -0.25) is 0 Å². The Kier molecular flexibility index (Phi) is 3.59. The molecule has 0 aliphatic heterocycles. The molecule has 0 aromatic carbocycles. The summed E-state index contributed by atoms with van der Waals surface area (Å²) in [4.78, 5) is 0. The van der Waals surface area contributed by atoms with Crippen molar-refractivity contribution in [2.24, 2.45) is 34.5 Å². The van der Waals surface area contributed by atoms with Crippen molar-refractivity contribution in [3.05, 3.63) is 23.8 Å². The summed E-state index contributed by atoms with van der Waals surface area (Å²) in [5.74, 6) is 3.79. The molecular formula is C22H34. The summed E-state index contributed by atoms with van der Waals surface area (Å²) in [5, 5.41) is 0. The molecule has 0 radical (unpaired) electrons. The van der Waals surface area contributed by atoms with Crippen molar-refractivity contribution < 1.29 is 0 Å². The Morgan fingerprint density at radius 2 is 1.95 bits per heavy atom. The molecule has 0 aromatic rings. The number of rotatable bonds is 2. The van der Waals surface area contributed by atoms with E-state index in [0.29, 0.717) is 10.8 Å². The maximum Gasteiger partial charge on any atom is -0.00445 e. The number of fused-ring (bicyclic) bond motifs is 5. The van der Waals surface area contributed by atoms with Crippen molar-refractivity contribution in [1.82, 2.24) is 0 Å². The van der Waals surface area contributed by atoms with Gasteiger partial charge in [0.2, 0.25) is 0 Å². The Labute approximate surface area is 137 Å². The van der Waals surface area contributed by atoms with Crippen molar-refractivity contribution in [2.45, 2.75) is 78.6 Å². The van der Waals surface area contributed by atoms with E-state index >= 15 is 0 Å². The summed E-state index contributed by atoms with van der Waals surface area (Å²) in [5.41, 5.74) is 2.84. The first kappa shape index (κ1) is 15.0. The highest BCUT2D eigenvalue weighted by Crippen LogP contribution is 2.65. The van der Waals surface area contributed by atoms with Gasteiger partial charge in [-0.15, -0.1) is 0 Å². The summed E-state index contributed by atoms with van der Waals surface area (Å²) in [7, 11) is 0. The van der Waals surface area contributed by atoms with Crippen LogP contribution in [0, 0.1) is 34.5 Å². The fraction of sp³-hybridized carbons (Fsp3) is 0.818. The molecule has 0 spiro atoms. The van der Waals surface area contributed by atoms with Gasteiger partial charge in [-0.25, -0.2) is 0 Å². The fourth-order valence-corrected chi connectivity index (χ4v) is 7.12. The van der Waals surface area contributed by atoms with Crippen molar-refractivity contribution in [3.8, 4) is 0 Å². The predicted molar refractivity (Wildman–Crippen MR) is 94.6 cm³/mol. The molecule has 6 atom stereocenters. The largest absolute Gasteiger partial charge is 0.0808 e. The first-order chi connectivity index (χ1) is 10.6. The summed E-state index contributed by atoms with van der Waals surface area (Å²) in [6, 6.07) is 0. The molecule has 0 amide bonds. The maximum absolute atomic E-state index is 2.66. The van der Waals surface area contributed by atoms with Gasteiger partial charge in [-0.2, -0.15) is 0 Å². The zero-order chi connectivity index (χ0) is 15.4. The van der Waals surface area contributed by atoms with Crippen LogP contribution in [0.25, 0.3) is 0 Å². The average molecular weight is 299 g/mol. The van der Waals surface area contributed by atoms with Crippen LogP contribution in [0.3, 0.4) is 0 Å². The molecule has 4 rings (SSSR count). The lowest BCUT2D eigenvalue weighted by Gasteiger charge is -2.56. The molecular weight excluding hydrogens is 264 g/mol. The first-order valence-corrected chi connectivity index (χ1v) is 9.98. The first-order valence-electron chi connectivity index (χ1n) is 9.98. The SMILES string of the molecule is CCC[C@H]1CC[C@H]2[C@@H]3C=CC4=CCCC[C@]4(C)[C@H]3CC[C@]12C. The molecule has 2 saturated carbocycles. The van der Waals surface area contributed by atoms with E-state index in [1.165, 1.54) is 57.8 Å². The minimum absolute atomic E-state index is 0.502. The van der Waals surface area contributed by atoms with Crippen molar-refractivity contribution in [3.63, 3.8) is 0 Å². The number of hydrogen-bond donors (Lipinski definition) is 0. The highest BCUT2D eigenvalue weighted by atomic mass is 14.6. The van der Waals surface area contributed by atoms with E-state index in [9.17, 15) is 0 Å². The second-order valence-corrected chi connectivity index (χ2v) is 9.23. The van der Waals surface area contributed by atoms with Crippen LogP contribution in [-0.4, -0.2) is 0 Å². The van der Waals surface area contributed by atoms with Gasteiger partial charge < -0.3 is 0 Å². The highest BCUT2D eigenvalue weighted by molar-refractivity contribution is 5.35. The summed E-state index contributed by atoms with van der Waals surface area (Å²) < 4.78 is 0. The van der Waals surface area contributed by atoms with Crippen LogP contribution in [-0.2, 0) is 0 Å². The van der Waals surface area contributed by atoms with Gasteiger partial charge in [0, 0.05) is 0 Å². The molecule has 0 aromatic heterocycles. The normalized spacial score (nSPS) is 50.0. The number of hydrogen-bond acceptors (Lipinski definition) is 0. The second-order valence-electron chi connectivity index (χ2n) is 9.23. The topological polar surface area (TPSA) is 0 Å². The third kappa shape index (κ3) is 1.95. The molecule has 0 nitrogen and oxygen atoms in total. The quantitative estimate of drug-likeness (QED) is 0.543.